The summed E-state index contributed by atoms with van der Waals surface area (Å²) in [5.41, 5.74) is -1.93. The number of hydrogen-bond acceptors (Lipinski definition) is 2. The van der Waals surface area contributed by atoms with E-state index in [0.717, 1.165) is 12.1 Å². The van der Waals surface area contributed by atoms with Gasteiger partial charge in [0.1, 0.15) is 5.82 Å². The Balaban J connectivity index is 2.28. The highest BCUT2D eigenvalue weighted by Gasteiger charge is 2.36. The smallest absolute Gasteiger partial charge is 0.336 e. The number of piperazine rings is 1. The average Bonchev–Trinajstić information content (AvgIpc) is 2.40. The molecule has 116 valence electrons. The van der Waals surface area contributed by atoms with E-state index in [1.165, 1.54) is 4.90 Å². The predicted molar refractivity (Wildman–Crippen MR) is 69.4 cm³/mol. The van der Waals surface area contributed by atoms with Crippen molar-refractivity contribution in [2.24, 2.45) is 0 Å². The van der Waals surface area contributed by atoms with Gasteiger partial charge in [-0.25, -0.2) is 4.39 Å². The number of benzene rings is 1. The van der Waals surface area contributed by atoms with E-state index in [4.69, 9.17) is 0 Å². The molecule has 1 atom stereocenters. The first-order chi connectivity index (χ1) is 9.71. The maximum absolute atomic E-state index is 14.0. The average molecular weight is 304 g/mol. The first-order valence-corrected chi connectivity index (χ1v) is 6.57. The highest BCUT2D eigenvalue weighted by Crippen LogP contribution is 2.32. The van der Waals surface area contributed by atoms with E-state index in [-0.39, 0.29) is 6.04 Å². The maximum Gasteiger partial charge on any atom is 0.419 e. The lowest BCUT2D eigenvalue weighted by atomic mass is 10.1. The molecule has 2 rings (SSSR count). The van der Waals surface area contributed by atoms with Crippen LogP contribution in [0, 0.1) is 5.82 Å². The van der Waals surface area contributed by atoms with Gasteiger partial charge in [-0.05, 0) is 26.1 Å². The van der Waals surface area contributed by atoms with Crippen molar-refractivity contribution in [3.63, 3.8) is 0 Å². The van der Waals surface area contributed by atoms with Gasteiger partial charge in [0.2, 0.25) is 0 Å². The van der Waals surface area contributed by atoms with Crippen molar-refractivity contribution < 1.29 is 22.4 Å². The molecule has 1 heterocycles. The van der Waals surface area contributed by atoms with E-state index in [2.05, 4.69) is 0 Å². The van der Waals surface area contributed by atoms with E-state index < -0.39 is 29.0 Å². The van der Waals surface area contributed by atoms with E-state index >= 15 is 0 Å². The van der Waals surface area contributed by atoms with Gasteiger partial charge < -0.3 is 9.80 Å². The van der Waals surface area contributed by atoms with Crippen LogP contribution in [0.4, 0.5) is 17.6 Å². The van der Waals surface area contributed by atoms with Gasteiger partial charge in [-0.1, -0.05) is 6.07 Å². The number of alkyl halides is 3. The van der Waals surface area contributed by atoms with Crippen LogP contribution in [0.15, 0.2) is 18.2 Å². The lowest BCUT2D eigenvalue weighted by molar-refractivity contribution is -0.140. The van der Waals surface area contributed by atoms with Crippen LogP contribution in [0.3, 0.4) is 0 Å². The molecule has 1 amide bonds. The molecule has 1 fully saturated rings. The number of amides is 1. The second-order valence-electron chi connectivity index (χ2n) is 5.25. The maximum atomic E-state index is 14.0. The van der Waals surface area contributed by atoms with Crippen LogP contribution < -0.4 is 0 Å². The summed E-state index contributed by atoms with van der Waals surface area (Å²) < 4.78 is 52.0. The van der Waals surface area contributed by atoms with Crippen LogP contribution in [0.25, 0.3) is 0 Å². The molecular weight excluding hydrogens is 288 g/mol. The van der Waals surface area contributed by atoms with Crippen molar-refractivity contribution in [3.8, 4) is 0 Å². The number of rotatable bonds is 1. The van der Waals surface area contributed by atoms with Crippen molar-refractivity contribution in [3.05, 3.63) is 35.1 Å². The van der Waals surface area contributed by atoms with Gasteiger partial charge in [0.25, 0.3) is 5.91 Å². The molecule has 1 aromatic carbocycles. The molecule has 0 aromatic heterocycles. The monoisotopic (exact) mass is 304 g/mol. The van der Waals surface area contributed by atoms with Crippen molar-refractivity contribution in [2.45, 2.75) is 19.1 Å². The standard InChI is InChI=1S/C14H16F4N2O/c1-9-8-20(7-6-19(9)2)13(21)10-4-3-5-11(12(10)15)14(16,17)18/h3-5,9H,6-8H2,1-2H3. The SMILES string of the molecule is CC1CN(C(=O)c2cccc(C(F)(F)F)c2F)CCN1C. The molecule has 0 N–H and O–H groups in total. The number of halogens is 4. The van der Waals surface area contributed by atoms with Crippen LogP contribution in [0.1, 0.15) is 22.8 Å². The molecule has 7 heteroatoms. The fourth-order valence-corrected chi connectivity index (χ4v) is 2.32. The summed E-state index contributed by atoms with van der Waals surface area (Å²) in [4.78, 5) is 15.7. The highest BCUT2D eigenvalue weighted by molar-refractivity contribution is 5.94. The van der Waals surface area contributed by atoms with Crippen molar-refractivity contribution >= 4 is 5.91 Å². The molecule has 3 nitrogen and oxygen atoms in total. The molecule has 0 radical (unpaired) electrons. The molecule has 21 heavy (non-hydrogen) atoms. The largest absolute Gasteiger partial charge is 0.419 e. The molecule has 1 saturated heterocycles. The fraction of sp³-hybridized carbons (Fsp3) is 0.500. The molecule has 1 unspecified atom stereocenters. The predicted octanol–water partition coefficient (Wildman–Crippen LogP) is 2.62. The number of hydrogen-bond donors (Lipinski definition) is 0. The van der Waals surface area contributed by atoms with Gasteiger partial charge in [0.05, 0.1) is 11.1 Å². The summed E-state index contributed by atoms with van der Waals surface area (Å²) in [6, 6.07) is 2.87. The lowest BCUT2D eigenvalue weighted by Gasteiger charge is -2.37. The van der Waals surface area contributed by atoms with Crippen LogP contribution in [-0.4, -0.2) is 48.4 Å². The third-order valence-corrected chi connectivity index (χ3v) is 3.78. The number of likely N-dealkylation sites (N-methyl/N-ethyl adjacent to an activating group) is 1. The molecule has 0 saturated carbocycles. The Bertz CT molecular complexity index is 544. The van der Waals surface area contributed by atoms with Gasteiger partial charge in [0, 0.05) is 25.7 Å². The quantitative estimate of drug-likeness (QED) is 0.745. The number of carbonyl (C=O) groups excluding carboxylic acids is 1. The molecule has 1 aliphatic heterocycles. The number of nitrogens with zero attached hydrogens (tertiary/aromatic N) is 2. The summed E-state index contributed by atoms with van der Waals surface area (Å²) in [5.74, 6) is -2.19. The van der Waals surface area contributed by atoms with Crippen LogP contribution >= 0.6 is 0 Å². The molecule has 0 spiro atoms. The van der Waals surface area contributed by atoms with Gasteiger partial charge in [-0.2, -0.15) is 13.2 Å². The minimum Gasteiger partial charge on any atom is -0.336 e. The summed E-state index contributed by atoms with van der Waals surface area (Å²) in [5, 5.41) is 0. The second-order valence-corrected chi connectivity index (χ2v) is 5.25. The Hall–Kier alpha value is -1.63. The van der Waals surface area contributed by atoms with Crippen LogP contribution in [0.5, 0.6) is 0 Å². The topological polar surface area (TPSA) is 23.6 Å². The second kappa shape index (κ2) is 5.63. The minimum atomic E-state index is -4.81. The van der Waals surface area contributed by atoms with E-state index in [1.807, 2.05) is 18.9 Å². The van der Waals surface area contributed by atoms with Crippen molar-refractivity contribution in [2.75, 3.05) is 26.7 Å². The summed E-state index contributed by atoms with van der Waals surface area (Å²) in [6.45, 7) is 3.25. The lowest BCUT2D eigenvalue weighted by Crippen LogP contribution is -2.52. The Morgan fingerprint density at radius 3 is 2.52 bits per heavy atom. The minimum absolute atomic E-state index is 0.0801. The summed E-state index contributed by atoms with van der Waals surface area (Å²) in [6.07, 6.45) is -4.81. The van der Waals surface area contributed by atoms with Gasteiger partial charge in [-0.15, -0.1) is 0 Å². The third kappa shape index (κ3) is 3.18. The van der Waals surface area contributed by atoms with Crippen LogP contribution in [0.2, 0.25) is 0 Å². The molecule has 1 aromatic rings. The van der Waals surface area contributed by atoms with Gasteiger partial charge >= 0.3 is 6.18 Å². The Kier molecular flexibility index (Phi) is 4.22. The summed E-state index contributed by atoms with van der Waals surface area (Å²) >= 11 is 0. The molecule has 0 bridgehead atoms. The van der Waals surface area contributed by atoms with E-state index in [1.54, 1.807) is 0 Å². The normalized spacial score (nSPS) is 20.7. The third-order valence-electron chi connectivity index (χ3n) is 3.78. The zero-order valence-corrected chi connectivity index (χ0v) is 11.7. The van der Waals surface area contributed by atoms with E-state index in [0.29, 0.717) is 25.7 Å². The van der Waals surface area contributed by atoms with Gasteiger partial charge in [-0.3, -0.25) is 4.79 Å². The Morgan fingerprint density at radius 1 is 1.29 bits per heavy atom. The zero-order chi connectivity index (χ0) is 15.8. The molecule has 0 aliphatic carbocycles. The highest BCUT2D eigenvalue weighted by atomic mass is 19.4. The Labute approximate surface area is 120 Å². The fourth-order valence-electron chi connectivity index (χ4n) is 2.32. The van der Waals surface area contributed by atoms with Gasteiger partial charge in [0.15, 0.2) is 0 Å². The van der Waals surface area contributed by atoms with E-state index in [9.17, 15) is 22.4 Å². The van der Waals surface area contributed by atoms with Crippen LogP contribution in [-0.2, 0) is 6.18 Å². The van der Waals surface area contributed by atoms with Crippen molar-refractivity contribution in [1.29, 1.82) is 0 Å². The number of carbonyl (C=O) groups is 1. The van der Waals surface area contributed by atoms with Crippen molar-refractivity contribution in [1.82, 2.24) is 9.80 Å². The first-order valence-electron chi connectivity index (χ1n) is 6.57. The molecule has 1 aliphatic rings. The summed E-state index contributed by atoms with van der Waals surface area (Å²) in [7, 11) is 1.90. The molecular formula is C14H16F4N2O. The first kappa shape index (κ1) is 15.8. The zero-order valence-electron chi connectivity index (χ0n) is 11.7. The Morgan fingerprint density at radius 2 is 1.95 bits per heavy atom.